The van der Waals surface area contributed by atoms with Gasteiger partial charge in [0.2, 0.25) is 5.91 Å². The molecular weight excluding hydrogens is 310 g/mol. The van der Waals surface area contributed by atoms with Gasteiger partial charge in [-0.05, 0) is 29.7 Å². The number of carbonyl (C=O) groups excluding carboxylic acids is 1. The molecule has 1 aliphatic rings. The standard InChI is InChI=1S/C21H29N3O/c1-3-17(2)22-21(25)16-24-13-11-23(12-14-24)15-19-9-6-8-18-7-4-5-10-20(18)19/h4-10,17H,3,11-16H2,1-2H3,(H,22,25)/t17-/m0/s1. The van der Waals surface area contributed by atoms with Crippen LogP contribution in [0, 0.1) is 0 Å². The van der Waals surface area contributed by atoms with Crippen molar-refractivity contribution in [2.45, 2.75) is 32.9 Å². The third-order valence-corrected chi connectivity index (χ3v) is 5.13. The van der Waals surface area contributed by atoms with E-state index in [2.05, 4.69) is 71.4 Å². The average molecular weight is 339 g/mol. The summed E-state index contributed by atoms with van der Waals surface area (Å²) in [6, 6.07) is 15.4. The van der Waals surface area contributed by atoms with Crippen LogP contribution in [0.5, 0.6) is 0 Å². The fourth-order valence-corrected chi connectivity index (χ4v) is 3.40. The van der Waals surface area contributed by atoms with E-state index in [1.807, 2.05) is 0 Å². The minimum Gasteiger partial charge on any atom is -0.353 e. The Morgan fingerprint density at radius 1 is 1.04 bits per heavy atom. The van der Waals surface area contributed by atoms with Gasteiger partial charge in [-0.3, -0.25) is 14.6 Å². The lowest BCUT2D eigenvalue weighted by Crippen LogP contribution is -2.49. The highest BCUT2D eigenvalue weighted by atomic mass is 16.2. The minimum absolute atomic E-state index is 0.150. The van der Waals surface area contributed by atoms with E-state index in [4.69, 9.17) is 0 Å². The van der Waals surface area contributed by atoms with Gasteiger partial charge in [-0.15, -0.1) is 0 Å². The molecule has 0 unspecified atom stereocenters. The number of nitrogens with one attached hydrogen (secondary N) is 1. The summed E-state index contributed by atoms with van der Waals surface area (Å²) < 4.78 is 0. The summed E-state index contributed by atoms with van der Waals surface area (Å²) in [6.45, 7) is 9.59. The number of hydrogen-bond donors (Lipinski definition) is 1. The number of hydrogen-bond acceptors (Lipinski definition) is 3. The van der Waals surface area contributed by atoms with Crippen LogP contribution in [0.1, 0.15) is 25.8 Å². The van der Waals surface area contributed by atoms with Crippen LogP contribution >= 0.6 is 0 Å². The third-order valence-electron chi connectivity index (χ3n) is 5.13. The summed E-state index contributed by atoms with van der Waals surface area (Å²) in [5.74, 6) is 0.150. The summed E-state index contributed by atoms with van der Waals surface area (Å²) >= 11 is 0. The largest absolute Gasteiger partial charge is 0.353 e. The zero-order valence-corrected chi connectivity index (χ0v) is 15.4. The van der Waals surface area contributed by atoms with Crippen LogP contribution < -0.4 is 5.32 Å². The molecule has 1 N–H and O–H groups in total. The molecule has 1 heterocycles. The number of piperazine rings is 1. The van der Waals surface area contributed by atoms with Crippen LogP contribution in [0.3, 0.4) is 0 Å². The SMILES string of the molecule is CC[C@H](C)NC(=O)CN1CCN(Cc2cccc3ccccc23)CC1. The summed E-state index contributed by atoms with van der Waals surface area (Å²) in [5, 5.41) is 5.71. The quantitative estimate of drug-likeness (QED) is 0.879. The first-order chi connectivity index (χ1) is 12.2. The van der Waals surface area contributed by atoms with E-state index in [1.54, 1.807) is 0 Å². The van der Waals surface area contributed by atoms with E-state index in [9.17, 15) is 4.79 Å². The average Bonchev–Trinajstić information content (AvgIpc) is 2.63. The molecule has 2 aromatic carbocycles. The van der Waals surface area contributed by atoms with Crippen molar-refractivity contribution >= 4 is 16.7 Å². The molecule has 3 rings (SSSR count). The molecule has 0 bridgehead atoms. The fourth-order valence-electron chi connectivity index (χ4n) is 3.40. The van der Waals surface area contributed by atoms with Crippen LogP contribution in [-0.4, -0.2) is 54.5 Å². The maximum absolute atomic E-state index is 12.0. The number of rotatable bonds is 6. The zero-order chi connectivity index (χ0) is 17.6. The second-order valence-electron chi connectivity index (χ2n) is 7.07. The molecule has 1 aliphatic heterocycles. The van der Waals surface area contributed by atoms with Crippen molar-refractivity contribution < 1.29 is 4.79 Å². The number of carbonyl (C=O) groups is 1. The van der Waals surface area contributed by atoms with Gasteiger partial charge in [-0.2, -0.15) is 0 Å². The van der Waals surface area contributed by atoms with Gasteiger partial charge in [0.25, 0.3) is 0 Å². The number of fused-ring (bicyclic) bond motifs is 1. The van der Waals surface area contributed by atoms with Gasteiger partial charge in [0.1, 0.15) is 0 Å². The van der Waals surface area contributed by atoms with Crippen molar-refractivity contribution in [3.8, 4) is 0 Å². The van der Waals surface area contributed by atoms with Gasteiger partial charge in [-0.25, -0.2) is 0 Å². The van der Waals surface area contributed by atoms with Crippen LogP contribution in [0.15, 0.2) is 42.5 Å². The lowest BCUT2D eigenvalue weighted by molar-refractivity contribution is -0.123. The van der Waals surface area contributed by atoms with Crippen molar-refractivity contribution in [3.05, 3.63) is 48.0 Å². The van der Waals surface area contributed by atoms with Crippen LogP contribution in [0.2, 0.25) is 0 Å². The zero-order valence-electron chi connectivity index (χ0n) is 15.4. The van der Waals surface area contributed by atoms with Crippen molar-refractivity contribution in [1.82, 2.24) is 15.1 Å². The van der Waals surface area contributed by atoms with E-state index >= 15 is 0 Å². The molecule has 0 saturated carbocycles. The van der Waals surface area contributed by atoms with Gasteiger partial charge >= 0.3 is 0 Å². The maximum Gasteiger partial charge on any atom is 0.234 e. The lowest BCUT2D eigenvalue weighted by Gasteiger charge is -2.34. The minimum atomic E-state index is 0.150. The highest BCUT2D eigenvalue weighted by Crippen LogP contribution is 2.20. The number of benzene rings is 2. The van der Waals surface area contributed by atoms with Crippen molar-refractivity contribution in [2.75, 3.05) is 32.7 Å². The molecule has 2 aromatic rings. The van der Waals surface area contributed by atoms with E-state index in [1.165, 1.54) is 16.3 Å². The predicted molar refractivity (Wildman–Crippen MR) is 104 cm³/mol. The molecule has 25 heavy (non-hydrogen) atoms. The Labute approximate surface area is 150 Å². The highest BCUT2D eigenvalue weighted by molar-refractivity contribution is 5.85. The molecule has 0 spiro atoms. The van der Waals surface area contributed by atoms with Gasteiger partial charge in [0, 0.05) is 38.8 Å². The van der Waals surface area contributed by atoms with Gasteiger partial charge in [0.05, 0.1) is 6.54 Å². The van der Waals surface area contributed by atoms with Crippen LogP contribution in [0.4, 0.5) is 0 Å². The summed E-state index contributed by atoms with van der Waals surface area (Å²) in [4.78, 5) is 16.8. The normalized spacial score (nSPS) is 17.5. The van der Waals surface area contributed by atoms with Crippen molar-refractivity contribution in [2.24, 2.45) is 0 Å². The smallest absolute Gasteiger partial charge is 0.234 e. The second-order valence-corrected chi connectivity index (χ2v) is 7.07. The van der Waals surface area contributed by atoms with Gasteiger partial charge in [-0.1, -0.05) is 49.4 Å². The summed E-state index contributed by atoms with van der Waals surface area (Å²) in [5.41, 5.74) is 1.39. The second kappa shape index (κ2) is 8.45. The molecule has 1 saturated heterocycles. The molecule has 1 amide bonds. The Bertz CT molecular complexity index is 702. The Kier molecular flexibility index (Phi) is 6.05. The Balaban J connectivity index is 1.52. The predicted octanol–water partition coefficient (Wildman–Crippen LogP) is 2.87. The van der Waals surface area contributed by atoms with Gasteiger partial charge in [0.15, 0.2) is 0 Å². The van der Waals surface area contributed by atoms with E-state index in [0.29, 0.717) is 6.54 Å². The first-order valence-electron chi connectivity index (χ1n) is 9.36. The molecule has 0 aliphatic carbocycles. The summed E-state index contributed by atoms with van der Waals surface area (Å²) in [6.07, 6.45) is 0.977. The molecule has 4 nitrogen and oxygen atoms in total. The number of nitrogens with zero attached hydrogens (tertiary/aromatic N) is 2. The molecule has 0 aromatic heterocycles. The van der Waals surface area contributed by atoms with Crippen LogP contribution in [-0.2, 0) is 11.3 Å². The Morgan fingerprint density at radius 2 is 1.72 bits per heavy atom. The first-order valence-corrected chi connectivity index (χ1v) is 9.36. The third kappa shape index (κ3) is 4.80. The van der Waals surface area contributed by atoms with E-state index in [0.717, 1.165) is 39.1 Å². The molecule has 4 heteroatoms. The van der Waals surface area contributed by atoms with E-state index in [-0.39, 0.29) is 11.9 Å². The molecule has 0 radical (unpaired) electrons. The Hall–Kier alpha value is -1.91. The van der Waals surface area contributed by atoms with Gasteiger partial charge < -0.3 is 5.32 Å². The number of amides is 1. The monoisotopic (exact) mass is 339 g/mol. The van der Waals surface area contributed by atoms with Crippen molar-refractivity contribution in [1.29, 1.82) is 0 Å². The lowest BCUT2D eigenvalue weighted by atomic mass is 10.0. The Morgan fingerprint density at radius 3 is 2.48 bits per heavy atom. The molecular formula is C21H29N3O. The first kappa shape index (κ1) is 17.9. The molecule has 1 atom stereocenters. The molecule has 134 valence electrons. The maximum atomic E-state index is 12.0. The highest BCUT2D eigenvalue weighted by Gasteiger charge is 2.19. The van der Waals surface area contributed by atoms with Crippen molar-refractivity contribution in [3.63, 3.8) is 0 Å². The fraction of sp³-hybridized carbons (Fsp3) is 0.476. The topological polar surface area (TPSA) is 35.6 Å². The molecule has 1 fully saturated rings. The summed E-state index contributed by atoms with van der Waals surface area (Å²) in [7, 11) is 0. The van der Waals surface area contributed by atoms with E-state index < -0.39 is 0 Å². The van der Waals surface area contributed by atoms with Crippen LogP contribution in [0.25, 0.3) is 10.8 Å².